The van der Waals surface area contributed by atoms with Gasteiger partial charge in [0.1, 0.15) is 5.41 Å². The molecule has 7 heteroatoms. The van der Waals surface area contributed by atoms with Crippen LogP contribution in [0.4, 0.5) is 18.9 Å². The second-order valence-corrected chi connectivity index (χ2v) is 7.28. The molecule has 2 aliphatic rings. The standard InChI is InChI=1S/C19H23F3N2O2/c20-19(21,22)13-6-5-9-15(12-13)24-17(26)18(10-11-18)16(25)23-14-7-3-1-2-4-8-14/h5-6,9,12,14H,1-4,7-8,10-11H2,(H,23,25)(H,24,26). The molecule has 2 aliphatic carbocycles. The van der Waals surface area contributed by atoms with E-state index in [-0.39, 0.29) is 17.6 Å². The summed E-state index contributed by atoms with van der Waals surface area (Å²) < 4.78 is 38.4. The smallest absolute Gasteiger partial charge is 0.352 e. The molecule has 4 nitrogen and oxygen atoms in total. The van der Waals surface area contributed by atoms with Crippen LogP contribution >= 0.6 is 0 Å². The van der Waals surface area contributed by atoms with Gasteiger partial charge in [-0.1, -0.05) is 31.7 Å². The number of benzene rings is 1. The Hall–Kier alpha value is -2.05. The maximum Gasteiger partial charge on any atom is 0.416 e. The summed E-state index contributed by atoms with van der Waals surface area (Å²) in [5, 5.41) is 5.47. The van der Waals surface area contributed by atoms with E-state index in [0.29, 0.717) is 12.8 Å². The molecule has 0 bridgehead atoms. The maximum atomic E-state index is 12.8. The highest BCUT2D eigenvalue weighted by Crippen LogP contribution is 2.47. The van der Waals surface area contributed by atoms with Crippen LogP contribution in [0.15, 0.2) is 24.3 Å². The molecule has 0 aliphatic heterocycles. The maximum absolute atomic E-state index is 12.8. The quantitative estimate of drug-likeness (QED) is 0.616. The largest absolute Gasteiger partial charge is 0.416 e. The molecule has 0 heterocycles. The fraction of sp³-hybridized carbons (Fsp3) is 0.579. The minimum atomic E-state index is -4.48. The number of anilines is 1. The Morgan fingerprint density at radius 3 is 2.23 bits per heavy atom. The van der Waals surface area contributed by atoms with E-state index in [0.717, 1.165) is 50.7 Å². The molecule has 2 fully saturated rings. The summed E-state index contributed by atoms with van der Waals surface area (Å²) in [7, 11) is 0. The first kappa shape index (κ1) is 18.7. The molecule has 0 unspecified atom stereocenters. The van der Waals surface area contributed by atoms with E-state index in [9.17, 15) is 22.8 Å². The molecular formula is C19H23F3N2O2. The van der Waals surface area contributed by atoms with Crippen molar-refractivity contribution in [1.29, 1.82) is 0 Å². The number of hydrogen-bond donors (Lipinski definition) is 2. The fourth-order valence-electron chi connectivity index (χ4n) is 3.45. The van der Waals surface area contributed by atoms with Crippen molar-refractivity contribution in [3.05, 3.63) is 29.8 Å². The normalized spacial score (nSPS) is 20.1. The van der Waals surface area contributed by atoms with Crippen molar-refractivity contribution in [2.45, 2.75) is 63.6 Å². The Balaban J connectivity index is 1.64. The van der Waals surface area contributed by atoms with E-state index in [2.05, 4.69) is 10.6 Å². The number of hydrogen-bond acceptors (Lipinski definition) is 2. The highest BCUT2D eigenvalue weighted by atomic mass is 19.4. The van der Waals surface area contributed by atoms with E-state index in [1.165, 1.54) is 12.1 Å². The van der Waals surface area contributed by atoms with Crippen LogP contribution in [0.3, 0.4) is 0 Å². The molecule has 0 saturated heterocycles. The fourth-order valence-corrected chi connectivity index (χ4v) is 3.45. The average Bonchev–Trinajstić information content (AvgIpc) is 3.40. The van der Waals surface area contributed by atoms with Crippen LogP contribution in [-0.4, -0.2) is 17.9 Å². The molecule has 2 N–H and O–H groups in total. The van der Waals surface area contributed by atoms with Gasteiger partial charge in [-0.3, -0.25) is 9.59 Å². The highest BCUT2D eigenvalue weighted by Gasteiger charge is 2.56. The molecule has 2 saturated carbocycles. The first-order chi connectivity index (χ1) is 12.3. The van der Waals surface area contributed by atoms with E-state index >= 15 is 0 Å². The minimum absolute atomic E-state index is 0.0540. The van der Waals surface area contributed by atoms with Crippen LogP contribution < -0.4 is 10.6 Å². The van der Waals surface area contributed by atoms with Gasteiger partial charge in [0.2, 0.25) is 11.8 Å². The summed E-state index contributed by atoms with van der Waals surface area (Å²) >= 11 is 0. The zero-order chi connectivity index (χ0) is 18.8. The van der Waals surface area contributed by atoms with Gasteiger partial charge in [-0.05, 0) is 43.9 Å². The van der Waals surface area contributed by atoms with Crippen molar-refractivity contribution in [2.75, 3.05) is 5.32 Å². The van der Waals surface area contributed by atoms with Crippen molar-refractivity contribution < 1.29 is 22.8 Å². The molecule has 1 aromatic carbocycles. The first-order valence-corrected chi connectivity index (χ1v) is 9.11. The molecule has 2 amide bonds. The van der Waals surface area contributed by atoms with Gasteiger partial charge in [0.05, 0.1) is 5.56 Å². The van der Waals surface area contributed by atoms with Crippen molar-refractivity contribution in [2.24, 2.45) is 5.41 Å². The Morgan fingerprint density at radius 2 is 1.65 bits per heavy atom. The van der Waals surface area contributed by atoms with Gasteiger partial charge in [0.25, 0.3) is 0 Å². The third kappa shape index (κ3) is 4.19. The summed E-state index contributed by atoms with van der Waals surface area (Å²) in [6.45, 7) is 0. The Labute approximate surface area is 150 Å². The molecule has 1 aromatic rings. The van der Waals surface area contributed by atoms with Crippen molar-refractivity contribution in [3.63, 3.8) is 0 Å². The summed E-state index contributed by atoms with van der Waals surface area (Å²) in [5.41, 5.74) is -1.91. The number of halogens is 3. The molecule has 142 valence electrons. The second-order valence-electron chi connectivity index (χ2n) is 7.28. The zero-order valence-corrected chi connectivity index (χ0v) is 14.5. The van der Waals surface area contributed by atoms with E-state index < -0.39 is 23.1 Å². The summed E-state index contributed by atoms with van der Waals surface area (Å²) in [6.07, 6.45) is 2.65. The van der Waals surface area contributed by atoms with Crippen LogP contribution in [0.5, 0.6) is 0 Å². The van der Waals surface area contributed by atoms with Gasteiger partial charge in [0.15, 0.2) is 0 Å². The van der Waals surface area contributed by atoms with E-state index in [1.54, 1.807) is 0 Å². The summed E-state index contributed by atoms with van der Waals surface area (Å²) in [6, 6.07) is 4.55. The first-order valence-electron chi connectivity index (χ1n) is 9.11. The van der Waals surface area contributed by atoms with Gasteiger partial charge < -0.3 is 10.6 Å². The number of amides is 2. The molecule has 26 heavy (non-hydrogen) atoms. The third-order valence-corrected chi connectivity index (χ3v) is 5.26. The average molecular weight is 368 g/mol. The second kappa shape index (κ2) is 7.29. The van der Waals surface area contributed by atoms with E-state index in [4.69, 9.17) is 0 Å². The lowest BCUT2D eigenvalue weighted by Crippen LogP contribution is -2.44. The van der Waals surface area contributed by atoms with Gasteiger partial charge in [0, 0.05) is 11.7 Å². The minimum Gasteiger partial charge on any atom is -0.352 e. The van der Waals surface area contributed by atoms with Crippen molar-refractivity contribution in [1.82, 2.24) is 5.32 Å². The van der Waals surface area contributed by atoms with Crippen LogP contribution in [0.2, 0.25) is 0 Å². The van der Waals surface area contributed by atoms with Gasteiger partial charge in [-0.25, -0.2) is 0 Å². The number of nitrogens with one attached hydrogen (secondary N) is 2. The SMILES string of the molecule is O=C(Nc1cccc(C(F)(F)F)c1)C1(C(=O)NC2CCCCCC2)CC1. The van der Waals surface area contributed by atoms with Crippen LogP contribution in [-0.2, 0) is 15.8 Å². The predicted octanol–water partition coefficient (Wildman–Crippen LogP) is 4.26. The predicted molar refractivity (Wildman–Crippen MR) is 91.4 cm³/mol. The molecular weight excluding hydrogens is 345 g/mol. The lowest BCUT2D eigenvalue weighted by molar-refractivity contribution is -0.138. The van der Waals surface area contributed by atoms with Gasteiger partial charge in [-0.15, -0.1) is 0 Å². The Kier molecular flexibility index (Phi) is 5.25. The topological polar surface area (TPSA) is 58.2 Å². The van der Waals surface area contributed by atoms with Crippen LogP contribution in [0.1, 0.15) is 56.9 Å². The van der Waals surface area contributed by atoms with Crippen molar-refractivity contribution >= 4 is 17.5 Å². The summed E-state index contributed by atoms with van der Waals surface area (Å²) in [5.74, 6) is -0.822. The van der Waals surface area contributed by atoms with E-state index in [1.807, 2.05) is 0 Å². The highest BCUT2D eigenvalue weighted by molar-refractivity contribution is 6.13. The number of alkyl halides is 3. The van der Waals surface area contributed by atoms with Crippen LogP contribution in [0.25, 0.3) is 0 Å². The van der Waals surface area contributed by atoms with Gasteiger partial charge >= 0.3 is 6.18 Å². The number of carbonyl (C=O) groups excluding carboxylic acids is 2. The number of rotatable bonds is 4. The molecule has 0 atom stereocenters. The van der Waals surface area contributed by atoms with Gasteiger partial charge in [-0.2, -0.15) is 13.2 Å². The van der Waals surface area contributed by atoms with Crippen LogP contribution in [0, 0.1) is 5.41 Å². The third-order valence-electron chi connectivity index (χ3n) is 5.26. The molecule has 3 rings (SSSR count). The monoisotopic (exact) mass is 368 g/mol. The lowest BCUT2D eigenvalue weighted by atomic mass is 10.0. The van der Waals surface area contributed by atoms with Crippen molar-refractivity contribution in [3.8, 4) is 0 Å². The Bertz CT molecular complexity index is 676. The lowest BCUT2D eigenvalue weighted by Gasteiger charge is -2.21. The Morgan fingerprint density at radius 1 is 1.00 bits per heavy atom. The zero-order valence-electron chi connectivity index (χ0n) is 14.5. The molecule has 0 radical (unpaired) electrons. The molecule has 0 aromatic heterocycles. The molecule has 0 spiro atoms. The summed E-state index contributed by atoms with van der Waals surface area (Å²) in [4.78, 5) is 25.2. The number of carbonyl (C=O) groups is 2.